The number of carbonyl (C=O) groups excluding carboxylic acids is 5. The van der Waals surface area contributed by atoms with Gasteiger partial charge in [-0.1, -0.05) is 50.9 Å². The lowest BCUT2D eigenvalue weighted by Crippen LogP contribution is -2.59. The van der Waals surface area contributed by atoms with Crippen LogP contribution in [0, 0.1) is 5.41 Å². The van der Waals surface area contributed by atoms with Gasteiger partial charge in [-0.05, 0) is 43.6 Å². The maximum atomic E-state index is 14.5. The Hall–Kier alpha value is -4.07. The molecule has 1 saturated heterocycles. The van der Waals surface area contributed by atoms with Crippen LogP contribution in [0.3, 0.4) is 0 Å². The molecule has 4 amide bonds. The Morgan fingerprint density at radius 2 is 1.76 bits per heavy atom. The Kier molecular flexibility index (Phi) is 12.1. The van der Waals surface area contributed by atoms with Crippen molar-refractivity contribution >= 4 is 46.9 Å². The van der Waals surface area contributed by atoms with E-state index in [1.807, 2.05) is 6.92 Å². The highest BCUT2D eigenvalue weighted by Crippen LogP contribution is 2.42. The maximum Gasteiger partial charge on any atom is 0.408 e. The smallest absolute Gasteiger partial charge is 0.408 e. The summed E-state index contributed by atoms with van der Waals surface area (Å²) in [5.41, 5.74) is -0.881. The number of hydrogen-bond acceptors (Lipinski definition) is 10. The Morgan fingerprint density at radius 3 is 2.35 bits per heavy atom. The minimum absolute atomic E-state index is 0.0141. The van der Waals surface area contributed by atoms with Crippen LogP contribution in [0.5, 0.6) is 11.5 Å². The first-order chi connectivity index (χ1) is 23.2. The lowest BCUT2D eigenvalue weighted by molar-refractivity contribution is -0.144. The second-order valence-electron chi connectivity index (χ2n) is 13.9. The van der Waals surface area contributed by atoms with E-state index in [0.717, 1.165) is 25.7 Å². The van der Waals surface area contributed by atoms with Gasteiger partial charge in [-0.25, -0.2) is 4.79 Å². The summed E-state index contributed by atoms with van der Waals surface area (Å²) in [4.78, 5) is 74.1. The average Bonchev–Trinajstić information content (AvgIpc) is 3.82. The first-order valence-electron chi connectivity index (χ1n) is 16.7. The summed E-state index contributed by atoms with van der Waals surface area (Å²) in [6.07, 6.45) is 3.45. The third-order valence-corrected chi connectivity index (χ3v) is 9.52. The van der Waals surface area contributed by atoms with Crippen molar-refractivity contribution in [3.8, 4) is 11.5 Å². The number of halogens is 1. The van der Waals surface area contributed by atoms with Crippen molar-refractivity contribution < 1.29 is 43.0 Å². The molecule has 2 fully saturated rings. The van der Waals surface area contributed by atoms with Gasteiger partial charge in [-0.3, -0.25) is 19.2 Å². The van der Waals surface area contributed by atoms with E-state index >= 15 is 0 Å². The number of hydrogen-bond donors (Lipinski definition) is 3. The largest absolute Gasteiger partial charge is 0.496 e. The van der Waals surface area contributed by atoms with Crippen LogP contribution in [0.4, 0.5) is 4.79 Å². The van der Waals surface area contributed by atoms with Gasteiger partial charge in [-0.15, -0.1) is 0 Å². The number of likely N-dealkylation sites (tertiary alicyclic amines) is 1. The zero-order chi connectivity index (χ0) is 36.1. The molecular formula is C34H48ClN5O9. The summed E-state index contributed by atoms with van der Waals surface area (Å²) in [7, 11) is 4.32. The molecule has 2 heterocycles. The second kappa shape index (κ2) is 15.6. The van der Waals surface area contributed by atoms with E-state index in [2.05, 4.69) is 21.1 Å². The first kappa shape index (κ1) is 37.7. The normalized spacial score (nSPS) is 21.8. The topological polar surface area (TPSA) is 174 Å². The van der Waals surface area contributed by atoms with E-state index < -0.39 is 58.7 Å². The van der Waals surface area contributed by atoms with Gasteiger partial charge in [0, 0.05) is 31.5 Å². The molecule has 3 N–H and O–H groups in total. The predicted molar refractivity (Wildman–Crippen MR) is 181 cm³/mol. The van der Waals surface area contributed by atoms with Gasteiger partial charge in [-0.2, -0.15) is 0 Å². The number of methoxy groups -OCH3 is 2. The Bertz CT molecular complexity index is 1470. The number of oxime groups is 1. The van der Waals surface area contributed by atoms with Gasteiger partial charge >= 0.3 is 6.09 Å². The molecule has 1 aromatic rings. The molecule has 1 saturated carbocycles. The van der Waals surface area contributed by atoms with Crippen LogP contribution >= 0.6 is 11.6 Å². The zero-order valence-corrected chi connectivity index (χ0v) is 30.0. The monoisotopic (exact) mass is 705 g/mol. The number of Topliss-reactive ketones (excluding diaryl/α,β-unsaturated/α-hetero) is 1. The van der Waals surface area contributed by atoms with E-state index in [-0.39, 0.29) is 31.9 Å². The molecule has 4 rings (SSSR count). The average molecular weight is 706 g/mol. The summed E-state index contributed by atoms with van der Waals surface area (Å²) in [6, 6.07) is -0.0256. The van der Waals surface area contributed by atoms with Crippen LogP contribution in [-0.2, 0) is 28.8 Å². The highest BCUT2D eigenvalue weighted by molar-refractivity contribution is 6.38. The van der Waals surface area contributed by atoms with E-state index in [1.165, 1.54) is 26.2 Å². The fourth-order valence-corrected chi connectivity index (χ4v) is 6.83. The Morgan fingerprint density at radius 1 is 1.08 bits per heavy atom. The number of nitrogens with zero attached hydrogens (tertiary/aromatic N) is 2. The quantitative estimate of drug-likeness (QED) is 0.275. The predicted octanol–water partition coefficient (Wildman–Crippen LogP) is 3.50. The molecule has 1 aliphatic carbocycles. The van der Waals surface area contributed by atoms with Gasteiger partial charge in [0.25, 0.3) is 5.91 Å². The molecule has 0 radical (unpaired) electrons. The van der Waals surface area contributed by atoms with Crippen LogP contribution in [0.2, 0.25) is 5.02 Å². The van der Waals surface area contributed by atoms with Gasteiger partial charge < -0.3 is 39.9 Å². The number of amides is 4. The van der Waals surface area contributed by atoms with Crippen molar-refractivity contribution in [3.05, 3.63) is 22.7 Å². The van der Waals surface area contributed by atoms with Crippen LogP contribution < -0.4 is 25.4 Å². The van der Waals surface area contributed by atoms with Gasteiger partial charge in [0.05, 0.1) is 37.5 Å². The molecule has 15 heteroatoms. The molecule has 4 atom stereocenters. The van der Waals surface area contributed by atoms with E-state index in [0.29, 0.717) is 34.2 Å². The third kappa shape index (κ3) is 8.57. The van der Waals surface area contributed by atoms with Crippen LogP contribution in [0.1, 0.15) is 84.6 Å². The van der Waals surface area contributed by atoms with Gasteiger partial charge in [0.2, 0.25) is 17.6 Å². The molecule has 1 spiro atoms. The van der Waals surface area contributed by atoms with Crippen molar-refractivity contribution in [2.75, 3.05) is 27.8 Å². The molecule has 2 aliphatic heterocycles. The number of carbonyl (C=O) groups is 5. The number of nitrogens with one attached hydrogen (secondary N) is 3. The molecular weight excluding hydrogens is 658 g/mol. The minimum Gasteiger partial charge on any atom is -0.496 e. The van der Waals surface area contributed by atoms with Crippen molar-refractivity contribution in [1.82, 2.24) is 20.9 Å². The SMILES string of the molecule is CCC[C@H](NC(=O)[C@@H]1C[C@]2(CC(c3cc(Cl)c(OC)cc3OC)=NO2)CN1C(=O)[C@@H](NC(=O)OC1CCCC1)C(C)(C)C)C(=O)C(=O)NC. The number of benzene rings is 1. The second-order valence-corrected chi connectivity index (χ2v) is 14.3. The molecule has 270 valence electrons. The molecule has 0 unspecified atom stereocenters. The van der Waals surface area contributed by atoms with E-state index in [4.69, 9.17) is 30.6 Å². The van der Waals surface area contributed by atoms with Crippen molar-refractivity contribution in [2.24, 2.45) is 10.6 Å². The van der Waals surface area contributed by atoms with E-state index in [1.54, 1.807) is 32.9 Å². The Balaban J connectivity index is 1.65. The van der Waals surface area contributed by atoms with Gasteiger partial charge in [0.1, 0.15) is 29.7 Å². The molecule has 3 aliphatic rings. The maximum absolute atomic E-state index is 14.5. The zero-order valence-electron chi connectivity index (χ0n) is 29.3. The van der Waals surface area contributed by atoms with Crippen molar-refractivity contribution in [3.63, 3.8) is 0 Å². The minimum atomic E-state index is -1.14. The summed E-state index contributed by atoms with van der Waals surface area (Å²) < 4.78 is 16.5. The van der Waals surface area contributed by atoms with E-state index in [9.17, 15) is 24.0 Å². The number of rotatable bonds is 12. The van der Waals surface area contributed by atoms with Gasteiger partial charge in [0.15, 0.2) is 5.60 Å². The standard InChI is InChI=1S/C34H48ClN5O9/c1-8-11-22(27(41)30(43)36-5)37-29(42)24-17-34(16-23(39-49-34)20-14-21(35)26(47-7)15-25(20)46-6)18-40(24)31(44)28(33(2,3)4)38-32(45)48-19-12-9-10-13-19/h14-15,19,22,24,28H,8-13,16-18H2,1-7H3,(H,36,43)(H,37,42)(H,38,45)/t22-,24-,28+,34+/m0/s1. The number of ketones is 1. The molecule has 49 heavy (non-hydrogen) atoms. The van der Waals surface area contributed by atoms with Crippen molar-refractivity contribution in [2.45, 2.75) is 109 Å². The highest BCUT2D eigenvalue weighted by atomic mass is 35.5. The van der Waals surface area contributed by atoms with Crippen LogP contribution in [0.25, 0.3) is 0 Å². The fraction of sp³-hybridized carbons (Fsp3) is 0.647. The fourth-order valence-electron chi connectivity index (χ4n) is 6.59. The third-order valence-electron chi connectivity index (χ3n) is 9.22. The highest BCUT2D eigenvalue weighted by Gasteiger charge is 2.56. The van der Waals surface area contributed by atoms with Crippen LogP contribution in [-0.4, -0.2) is 97.9 Å². The molecule has 0 bridgehead atoms. The summed E-state index contributed by atoms with van der Waals surface area (Å²) in [5, 5.41) is 12.5. The number of alkyl carbamates (subject to hydrolysis) is 1. The lowest BCUT2D eigenvalue weighted by atomic mass is 9.85. The summed E-state index contributed by atoms with van der Waals surface area (Å²) in [5.74, 6) is -1.95. The molecule has 0 aromatic heterocycles. The number of likely N-dealkylation sites (N-methyl/N-ethyl adjacent to an activating group) is 1. The first-order valence-corrected chi connectivity index (χ1v) is 17.1. The van der Waals surface area contributed by atoms with Crippen molar-refractivity contribution in [1.29, 1.82) is 0 Å². The molecule has 1 aromatic carbocycles. The number of ether oxygens (including phenoxy) is 3. The molecule has 14 nitrogen and oxygen atoms in total. The van der Waals surface area contributed by atoms with Crippen LogP contribution in [0.15, 0.2) is 17.3 Å². The Labute approximate surface area is 291 Å². The lowest BCUT2D eigenvalue weighted by Gasteiger charge is -2.35. The summed E-state index contributed by atoms with van der Waals surface area (Å²) in [6.45, 7) is 7.18. The summed E-state index contributed by atoms with van der Waals surface area (Å²) >= 11 is 6.44.